The van der Waals surface area contributed by atoms with Crippen LogP contribution in [0.4, 0.5) is 0 Å². The molecule has 0 aromatic heterocycles. The van der Waals surface area contributed by atoms with Crippen molar-refractivity contribution in [1.82, 2.24) is 0 Å². The molecule has 0 bridgehead atoms. The quantitative estimate of drug-likeness (QED) is 0.288. The third kappa shape index (κ3) is 7.07. The van der Waals surface area contributed by atoms with Crippen LogP contribution >= 0.6 is 0 Å². The van der Waals surface area contributed by atoms with Gasteiger partial charge in [0.1, 0.15) is 0 Å². The Labute approximate surface area is 226 Å². The fourth-order valence-electron chi connectivity index (χ4n) is 9.07. The van der Waals surface area contributed by atoms with E-state index < -0.39 is 17.1 Å². The smallest absolute Gasteiger partial charge is 0.344 e. The van der Waals surface area contributed by atoms with Crippen molar-refractivity contribution in [2.45, 2.75) is 146 Å². The van der Waals surface area contributed by atoms with Crippen LogP contribution in [-0.2, 0) is 17.7 Å². The van der Waals surface area contributed by atoms with Crippen LogP contribution in [-0.4, -0.2) is 45.6 Å². The maximum atomic E-state index is 6.13. The van der Waals surface area contributed by atoms with Crippen molar-refractivity contribution in [2.75, 3.05) is 28.4 Å². The second kappa shape index (κ2) is 14.6. The molecule has 4 rings (SSSR count). The molecule has 4 unspecified atom stereocenters. The molecule has 4 atom stereocenters. The van der Waals surface area contributed by atoms with Gasteiger partial charge < -0.3 is 17.7 Å². The van der Waals surface area contributed by atoms with E-state index in [0.717, 1.165) is 34.4 Å². The van der Waals surface area contributed by atoms with E-state index >= 15 is 0 Å². The van der Waals surface area contributed by atoms with Crippen LogP contribution in [0.5, 0.6) is 0 Å². The second-order valence-electron chi connectivity index (χ2n) is 13.2. The summed E-state index contributed by atoms with van der Waals surface area (Å²) in [6.07, 6.45) is 21.8. The molecule has 4 saturated carbocycles. The van der Waals surface area contributed by atoms with Crippen molar-refractivity contribution < 1.29 is 17.7 Å². The molecule has 4 aliphatic carbocycles. The van der Waals surface area contributed by atoms with Gasteiger partial charge in [0.2, 0.25) is 0 Å². The zero-order valence-electron chi connectivity index (χ0n) is 25.0. The van der Waals surface area contributed by atoms with E-state index in [0.29, 0.717) is 5.54 Å². The van der Waals surface area contributed by atoms with Gasteiger partial charge in [-0.1, -0.05) is 65.7 Å². The highest BCUT2D eigenvalue weighted by Crippen LogP contribution is 2.52. The fraction of sp³-hybridized carbons (Fsp3) is 1.00. The molecule has 0 spiro atoms. The van der Waals surface area contributed by atoms with E-state index in [1.54, 1.807) is 0 Å². The lowest BCUT2D eigenvalue weighted by Gasteiger charge is -2.44. The second-order valence-corrected chi connectivity index (χ2v) is 20.9. The molecule has 0 N–H and O–H groups in total. The van der Waals surface area contributed by atoms with Crippen molar-refractivity contribution >= 4 is 17.1 Å². The first-order valence-corrected chi connectivity index (χ1v) is 19.5. The van der Waals surface area contributed by atoms with Crippen LogP contribution in [0.2, 0.25) is 22.2 Å². The van der Waals surface area contributed by atoms with Crippen molar-refractivity contribution in [1.29, 1.82) is 0 Å². The molecule has 0 amide bonds. The lowest BCUT2D eigenvalue weighted by atomic mass is 9.83. The highest BCUT2D eigenvalue weighted by molar-refractivity contribution is 6.71. The SMILES string of the molecule is CO[Si](OC)(C1CCCC1)C1CC(C)CC(C)C1.CO[Si](OC)(C1CCCCC1)C1CCCC(C)C1. The van der Waals surface area contributed by atoms with Crippen LogP contribution in [0.3, 0.4) is 0 Å². The van der Waals surface area contributed by atoms with E-state index in [2.05, 4.69) is 20.8 Å². The minimum Gasteiger partial charge on any atom is -0.397 e. The van der Waals surface area contributed by atoms with Gasteiger partial charge in [-0.15, -0.1) is 0 Å². The van der Waals surface area contributed by atoms with Crippen LogP contribution in [0.15, 0.2) is 0 Å². The Hall–Kier alpha value is 0.274. The largest absolute Gasteiger partial charge is 0.397 e. The molecule has 4 fully saturated rings. The molecule has 0 aromatic rings. The maximum Gasteiger partial charge on any atom is 0.344 e. The summed E-state index contributed by atoms with van der Waals surface area (Å²) in [7, 11) is 3.69. The summed E-state index contributed by atoms with van der Waals surface area (Å²) in [6.45, 7) is 7.21. The van der Waals surface area contributed by atoms with Gasteiger partial charge in [0.25, 0.3) is 0 Å². The van der Waals surface area contributed by atoms with Gasteiger partial charge in [0.05, 0.1) is 0 Å². The highest BCUT2D eigenvalue weighted by atomic mass is 28.4. The van der Waals surface area contributed by atoms with E-state index in [9.17, 15) is 0 Å². The molecular formula is C30H60O4Si2. The first-order valence-electron chi connectivity index (χ1n) is 15.6. The summed E-state index contributed by atoms with van der Waals surface area (Å²) in [5.41, 5.74) is 2.94. The Morgan fingerprint density at radius 3 is 1.22 bits per heavy atom. The predicted octanol–water partition coefficient (Wildman–Crippen LogP) is 9.13. The molecule has 4 aliphatic rings. The first kappa shape index (κ1) is 30.8. The zero-order chi connectivity index (χ0) is 26.2. The van der Waals surface area contributed by atoms with Crippen molar-refractivity contribution in [3.05, 3.63) is 0 Å². The molecule has 0 aromatic carbocycles. The number of rotatable bonds is 8. The summed E-state index contributed by atoms with van der Waals surface area (Å²) >= 11 is 0. The van der Waals surface area contributed by atoms with Gasteiger partial charge in [-0.3, -0.25) is 0 Å². The molecule has 6 heteroatoms. The van der Waals surface area contributed by atoms with E-state index in [1.807, 2.05) is 28.4 Å². The van der Waals surface area contributed by atoms with Gasteiger partial charge in [-0.2, -0.15) is 0 Å². The van der Waals surface area contributed by atoms with Crippen LogP contribution in [0.25, 0.3) is 0 Å². The maximum absolute atomic E-state index is 6.13. The molecule has 0 aliphatic heterocycles. The van der Waals surface area contributed by atoms with E-state index in [4.69, 9.17) is 17.7 Å². The third-order valence-electron chi connectivity index (χ3n) is 10.6. The van der Waals surface area contributed by atoms with Crippen LogP contribution in [0.1, 0.15) is 124 Å². The standard InChI is InChI=1S/2C15H30O2Si/c1-12-9-13(2)11-15(10-12)18(16-3,17-4)14-7-5-6-8-14;1-13-8-7-11-15(12-13)18(16-2,17-3)14-9-5-4-6-10-14/h12-15H,5-11H2,1-4H3;13-15H,4-12H2,1-3H3. The summed E-state index contributed by atoms with van der Waals surface area (Å²) in [4.78, 5) is 0. The molecule has 0 radical (unpaired) electrons. The zero-order valence-corrected chi connectivity index (χ0v) is 27.0. The summed E-state index contributed by atoms with van der Waals surface area (Å²) < 4.78 is 24.5. The van der Waals surface area contributed by atoms with E-state index in [-0.39, 0.29) is 0 Å². The van der Waals surface area contributed by atoms with Gasteiger partial charge in [0.15, 0.2) is 0 Å². The monoisotopic (exact) mass is 540 g/mol. The Morgan fingerprint density at radius 2 is 0.778 bits per heavy atom. The number of hydrogen-bond donors (Lipinski definition) is 0. The minimum atomic E-state index is -1.99. The van der Waals surface area contributed by atoms with Crippen LogP contribution in [0, 0.1) is 17.8 Å². The molecular weight excluding hydrogens is 480 g/mol. The molecule has 4 nitrogen and oxygen atoms in total. The Balaban J connectivity index is 0.000000201. The van der Waals surface area contributed by atoms with E-state index in [1.165, 1.54) is 103 Å². The lowest BCUT2D eigenvalue weighted by molar-refractivity contribution is 0.181. The average Bonchev–Trinajstić information content (AvgIpc) is 3.43. The molecule has 0 heterocycles. The topological polar surface area (TPSA) is 36.9 Å². The van der Waals surface area contributed by atoms with Gasteiger partial charge >= 0.3 is 17.1 Å². The first-order chi connectivity index (χ1) is 17.3. The van der Waals surface area contributed by atoms with Crippen LogP contribution < -0.4 is 0 Å². The van der Waals surface area contributed by atoms with Crippen molar-refractivity contribution in [2.24, 2.45) is 17.8 Å². The normalized spacial score (nSPS) is 33.2. The third-order valence-corrected chi connectivity index (χ3v) is 19.9. The average molecular weight is 541 g/mol. The highest BCUT2D eigenvalue weighted by Gasteiger charge is 2.53. The lowest BCUT2D eigenvalue weighted by Crippen LogP contribution is -2.51. The predicted molar refractivity (Wildman–Crippen MR) is 156 cm³/mol. The Bertz CT molecular complexity index is 596. The van der Waals surface area contributed by atoms with Gasteiger partial charge in [0, 0.05) is 50.6 Å². The molecule has 36 heavy (non-hydrogen) atoms. The van der Waals surface area contributed by atoms with Crippen molar-refractivity contribution in [3.63, 3.8) is 0 Å². The summed E-state index contributed by atoms with van der Waals surface area (Å²) in [6, 6.07) is 0. The Kier molecular flexibility index (Phi) is 12.5. The minimum absolute atomic E-state index is 0.717. The summed E-state index contributed by atoms with van der Waals surface area (Å²) in [5.74, 6) is 2.55. The molecule has 212 valence electrons. The number of hydrogen-bond acceptors (Lipinski definition) is 4. The van der Waals surface area contributed by atoms with Gasteiger partial charge in [-0.25, -0.2) is 0 Å². The Morgan fingerprint density at radius 1 is 0.389 bits per heavy atom. The van der Waals surface area contributed by atoms with Gasteiger partial charge in [-0.05, 0) is 75.5 Å². The van der Waals surface area contributed by atoms with Crippen molar-refractivity contribution in [3.8, 4) is 0 Å². The summed E-state index contributed by atoms with van der Waals surface area (Å²) in [5, 5.41) is 0. The molecule has 0 saturated heterocycles. The fourth-order valence-corrected chi connectivity index (χ4v) is 18.6.